The van der Waals surface area contributed by atoms with Crippen molar-refractivity contribution in [2.75, 3.05) is 26.2 Å². The number of hydrogen-bond donors (Lipinski definition) is 2. The van der Waals surface area contributed by atoms with E-state index in [-0.39, 0.29) is 11.6 Å². The average molecular weight is 286 g/mol. The lowest BCUT2D eigenvalue weighted by atomic mass is 9.94. The summed E-state index contributed by atoms with van der Waals surface area (Å²) in [5, 5.41) is 12.6. The normalized spacial score (nSPS) is 22.7. The molecule has 1 heterocycles. The molecule has 0 aromatic heterocycles. The van der Waals surface area contributed by atoms with Crippen molar-refractivity contribution in [1.82, 2.24) is 10.2 Å². The summed E-state index contributed by atoms with van der Waals surface area (Å²) in [5.41, 5.74) is -0.930. The van der Waals surface area contributed by atoms with Crippen molar-refractivity contribution >= 4 is 5.97 Å². The third-order valence-electron chi connectivity index (χ3n) is 3.74. The molecule has 20 heavy (non-hydrogen) atoms. The van der Waals surface area contributed by atoms with Crippen LogP contribution in [0.2, 0.25) is 0 Å². The first-order chi connectivity index (χ1) is 9.15. The van der Waals surface area contributed by atoms with Crippen molar-refractivity contribution < 1.29 is 14.6 Å². The zero-order valence-electron chi connectivity index (χ0n) is 13.5. The molecule has 5 heteroatoms. The van der Waals surface area contributed by atoms with E-state index in [0.717, 1.165) is 32.7 Å². The topological polar surface area (TPSA) is 61.8 Å². The Bertz CT molecular complexity index is 331. The van der Waals surface area contributed by atoms with Crippen molar-refractivity contribution in [1.29, 1.82) is 0 Å². The number of carboxylic acid groups (broad SMARTS) is 1. The van der Waals surface area contributed by atoms with E-state index < -0.39 is 11.5 Å². The van der Waals surface area contributed by atoms with Crippen molar-refractivity contribution in [2.45, 2.75) is 64.6 Å². The summed E-state index contributed by atoms with van der Waals surface area (Å²) in [7, 11) is 0. The first kappa shape index (κ1) is 17.4. The maximum absolute atomic E-state index is 11.4. The van der Waals surface area contributed by atoms with Gasteiger partial charge in [0.05, 0.1) is 12.2 Å². The molecular formula is C15H30N2O3. The van der Waals surface area contributed by atoms with Crippen LogP contribution in [0.5, 0.6) is 0 Å². The van der Waals surface area contributed by atoms with Crippen molar-refractivity contribution in [3.8, 4) is 0 Å². The predicted octanol–water partition coefficient (Wildman–Crippen LogP) is 1.72. The number of carboxylic acids is 1. The Balaban J connectivity index is 2.43. The lowest BCUT2D eigenvalue weighted by Gasteiger charge is -2.38. The van der Waals surface area contributed by atoms with Crippen LogP contribution < -0.4 is 5.32 Å². The van der Waals surface area contributed by atoms with Crippen LogP contribution in [0.15, 0.2) is 0 Å². The Morgan fingerprint density at radius 3 is 2.65 bits per heavy atom. The molecule has 1 atom stereocenters. The minimum atomic E-state index is -0.837. The van der Waals surface area contributed by atoms with E-state index in [4.69, 9.17) is 4.74 Å². The van der Waals surface area contributed by atoms with E-state index in [1.165, 1.54) is 0 Å². The molecule has 1 fully saturated rings. The van der Waals surface area contributed by atoms with Gasteiger partial charge < -0.3 is 9.84 Å². The predicted molar refractivity (Wildman–Crippen MR) is 80.0 cm³/mol. The summed E-state index contributed by atoms with van der Waals surface area (Å²) in [4.78, 5) is 13.8. The van der Waals surface area contributed by atoms with Crippen LogP contribution in [0.3, 0.4) is 0 Å². The molecule has 2 N–H and O–H groups in total. The van der Waals surface area contributed by atoms with Crippen LogP contribution in [-0.4, -0.2) is 59.4 Å². The highest BCUT2D eigenvalue weighted by atomic mass is 16.5. The Hall–Kier alpha value is -0.650. The Morgan fingerprint density at radius 2 is 2.15 bits per heavy atom. The number of ether oxygens (including phenoxy) is 1. The highest BCUT2D eigenvalue weighted by Gasteiger charge is 2.33. The molecule has 0 spiro atoms. The minimum Gasteiger partial charge on any atom is -0.480 e. The molecule has 118 valence electrons. The zero-order chi connectivity index (χ0) is 15.4. The molecule has 0 aromatic carbocycles. The largest absolute Gasteiger partial charge is 0.480 e. The van der Waals surface area contributed by atoms with Gasteiger partial charge in [0.2, 0.25) is 0 Å². The number of rotatable bonds is 7. The second kappa shape index (κ2) is 6.87. The van der Waals surface area contributed by atoms with Gasteiger partial charge in [-0.15, -0.1) is 0 Å². The molecule has 0 aliphatic carbocycles. The van der Waals surface area contributed by atoms with Crippen LogP contribution in [0, 0.1) is 0 Å². The Morgan fingerprint density at radius 1 is 1.50 bits per heavy atom. The van der Waals surface area contributed by atoms with Gasteiger partial charge in [0.25, 0.3) is 0 Å². The molecule has 1 rings (SSSR count). The third kappa shape index (κ3) is 5.38. The maximum Gasteiger partial charge on any atom is 0.323 e. The monoisotopic (exact) mass is 286 g/mol. The van der Waals surface area contributed by atoms with Gasteiger partial charge >= 0.3 is 5.97 Å². The zero-order valence-corrected chi connectivity index (χ0v) is 13.5. The molecule has 5 nitrogen and oxygen atoms in total. The van der Waals surface area contributed by atoms with Crippen LogP contribution in [0.1, 0.15) is 47.5 Å². The SMILES string of the molecule is CC(C)NC(C)(CCCN1CCOC(C)(C)C1)C(=O)O. The van der Waals surface area contributed by atoms with Gasteiger partial charge in [-0.05, 0) is 54.0 Å². The molecule has 1 aliphatic rings. The van der Waals surface area contributed by atoms with Crippen molar-refractivity contribution in [2.24, 2.45) is 0 Å². The first-order valence-electron chi connectivity index (χ1n) is 7.52. The smallest absolute Gasteiger partial charge is 0.323 e. The number of aliphatic carboxylic acids is 1. The second-order valence-corrected chi connectivity index (χ2v) is 6.92. The molecule has 0 bridgehead atoms. The number of carbonyl (C=O) groups is 1. The molecule has 0 saturated carbocycles. The molecule has 0 amide bonds. The van der Waals surface area contributed by atoms with Gasteiger partial charge in [-0.3, -0.25) is 15.0 Å². The van der Waals surface area contributed by atoms with E-state index in [9.17, 15) is 9.90 Å². The molecule has 0 radical (unpaired) electrons. The summed E-state index contributed by atoms with van der Waals surface area (Å²) in [6.07, 6.45) is 1.51. The fraction of sp³-hybridized carbons (Fsp3) is 0.933. The first-order valence-corrected chi connectivity index (χ1v) is 7.52. The number of nitrogens with zero attached hydrogens (tertiary/aromatic N) is 1. The second-order valence-electron chi connectivity index (χ2n) is 6.92. The van der Waals surface area contributed by atoms with Crippen LogP contribution in [-0.2, 0) is 9.53 Å². The van der Waals surface area contributed by atoms with Gasteiger partial charge in [0, 0.05) is 19.1 Å². The Labute approximate surface area is 122 Å². The van der Waals surface area contributed by atoms with E-state index in [0.29, 0.717) is 6.42 Å². The Kier molecular flexibility index (Phi) is 5.98. The molecule has 1 aliphatic heterocycles. The number of hydrogen-bond acceptors (Lipinski definition) is 4. The summed E-state index contributed by atoms with van der Waals surface area (Å²) in [6.45, 7) is 13.5. The maximum atomic E-state index is 11.4. The van der Waals surface area contributed by atoms with Gasteiger partial charge in [-0.1, -0.05) is 0 Å². The van der Waals surface area contributed by atoms with Crippen LogP contribution in [0.4, 0.5) is 0 Å². The number of morpholine rings is 1. The number of nitrogens with one attached hydrogen (secondary N) is 1. The summed E-state index contributed by atoms with van der Waals surface area (Å²) >= 11 is 0. The van der Waals surface area contributed by atoms with Gasteiger partial charge in [-0.25, -0.2) is 0 Å². The van der Waals surface area contributed by atoms with Gasteiger partial charge in [-0.2, -0.15) is 0 Å². The standard InChI is InChI=1S/C15H30N2O3/c1-12(2)16-15(5,13(18)19)7-6-8-17-9-10-20-14(3,4)11-17/h12,16H,6-11H2,1-5H3,(H,18,19). The summed E-state index contributed by atoms with van der Waals surface area (Å²) in [5.74, 6) is -0.770. The molecule has 1 saturated heterocycles. The summed E-state index contributed by atoms with van der Waals surface area (Å²) in [6, 6.07) is 0.165. The highest BCUT2D eigenvalue weighted by Crippen LogP contribution is 2.19. The summed E-state index contributed by atoms with van der Waals surface area (Å²) < 4.78 is 5.69. The fourth-order valence-electron chi connectivity index (χ4n) is 2.84. The highest BCUT2D eigenvalue weighted by molar-refractivity contribution is 5.78. The quantitative estimate of drug-likeness (QED) is 0.746. The molecule has 0 aromatic rings. The fourth-order valence-corrected chi connectivity index (χ4v) is 2.84. The lowest BCUT2D eigenvalue weighted by Crippen LogP contribution is -2.53. The van der Waals surface area contributed by atoms with Crippen LogP contribution >= 0.6 is 0 Å². The van der Waals surface area contributed by atoms with Crippen molar-refractivity contribution in [3.05, 3.63) is 0 Å². The van der Waals surface area contributed by atoms with E-state index >= 15 is 0 Å². The molecular weight excluding hydrogens is 256 g/mol. The van der Waals surface area contributed by atoms with E-state index in [2.05, 4.69) is 24.1 Å². The van der Waals surface area contributed by atoms with Crippen molar-refractivity contribution in [3.63, 3.8) is 0 Å². The lowest BCUT2D eigenvalue weighted by molar-refractivity contribution is -0.145. The third-order valence-corrected chi connectivity index (χ3v) is 3.74. The van der Waals surface area contributed by atoms with Gasteiger partial charge in [0.1, 0.15) is 5.54 Å². The van der Waals surface area contributed by atoms with E-state index in [1.807, 2.05) is 13.8 Å². The minimum absolute atomic E-state index is 0.0927. The van der Waals surface area contributed by atoms with Gasteiger partial charge in [0.15, 0.2) is 0 Å². The van der Waals surface area contributed by atoms with Crippen LogP contribution in [0.25, 0.3) is 0 Å². The average Bonchev–Trinajstić information content (AvgIpc) is 2.26. The van der Waals surface area contributed by atoms with E-state index in [1.54, 1.807) is 6.92 Å². The molecule has 1 unspecified atom stereocenters.